The van der Waals surface area contributed by atoms with Crippen LogP contribution in [0.3, 0.4) is 0 Å². The zero-order chi connectivity index (χ0) is 11.6. The van der Waals surface area contributed by atoms with Crippen molar-refractivity contribution in [2.45, 2.75) is 32.1 Å². The fourth-order valence-electron chi connectivity index (χ4n) is 1.45. The van der Waals surface area contributed by atoms with Gasteiger partial charge in [-0.1, -0.05) is 57.8 Å². The molecule has 1 aromatic rings. The van der Waals surface area contributed by atoms with E-state index < -0.39 is 0 Å². The maximum atomic E-state index is 5.65. The molecule has 0 saturated carbocycles. The second-order valence-corrected chi connectivity index (χ2v) is 5.75. The Hall–Kier alpha value is 0.230. The quantitative estimate of drug-likeness (QED) is 0.332. The highest BCUT2D eigenvalue weighted by molar-refractivity contribution is 14.1. The van der Waals surface area contributed by atoms with Crippen LogP contribution in [-0.2, 0) is 0 Å². The van der Waals surface area contributed by atoms with Gasteiger partial charge in [-0.25, -0.2) is 0 Å². The van der Waals surface area contributed by atoms with E-state index in [1.165, 1.54) is 30.1 Å². The van der Waals surface area contributed by atoms with Gasteiger partial charge in [-0.15, -0.1) is 0 Å². The fraction of sp³-hybridized carbons (Fsp3) is 0.538. The molecule has 0 radical (unpaired) electrons. The second kappa shape index (κ2) is 9.28. The summed E-state index contributed by atoms with van der Waals surface area (Å²) < 4.78 is 8.03. The fourth-order valence-corrected chi connectivity index (χ4v) is 2.25. The van der Waals surface area contributed by atoms with E-state index in [1.807, 2.05) is 24.3 Å². The molecule has 0 aliphatic heterocycles. The van der Waals surface area contributed by atoms with E-state index in [0.29, 0.717) is 0 Å². The van der Waals surface area contributed by atoms with Gasteiger partial charge in [0, 0.05) is 4.47 Å². The summed E-state index contributed by atoms with van der Waals surface area (Å²) in [5.41, 5.74) is 0. The van der Waals surface area contributed by atoms with E-state index >= 15 is 0 Å². The first kappa shape index (κ1) is 14.3. The summed E-state index contributed by atoms with van der Waals surface area (Å²) in [5.74, 6) is 0.968. The first-order chi connectivity index (χ1) is 7.83. The Morgan fingerprint density at radius 1 is 0.938 bits per heavy atom. The number of unbranched alkanes of at least 4 members (excludes halogenated alkanes) is 4. The highest BCUT2D eigenvalue weighted by Gasteiger charge is 1.94. The number of ether oxygens (including phenoxy) is 1. The third-order valence-electron chi connectivity index (χ3n) is 2.36. The molecule has 0 fully saturated rings. The molecule has 16 heavy (non-hydrogen) atoms. The Bertz CT molecular complexity index is 274. The Morgan fingerprint density at radius 2 is 1.56 bits per heavy atom. The van der Waals surface area contributed by atoms with E-state index in [2.05, 4.69) is 38.5 Å². The van der Waals surface area contributed by atoms with E-state index in [4.69, 9.17) is 4.74 Å². The Morgan fingerprint density at radius 3 is 2.25 bits per heavy atom. The average Bonchev–Trinajstić information content (AvgIpc) is 2.30. The third-order valence-corrected chi connectivity index (χ3v) is 3.65. The molecule has 0 saturated heterocycles. The van der Waals surface area contributed by atoms with Crippen LogP contribution in [0.25, 0.3) is 0 Å². The van der Waals surface area contributed by atoms with Crippen molar-refractivity contribution in [1.29, 1.82) is 0 Å². The van der Waals surface area contributed by atoms with Crippen molar-refractivity contribution < 1.29 is 4.74 Å². The van der Waals surface area contributed by atoms with Gasteiger partial charge in [0.2, 0.25) is 0 Å². The van der Waals surface area contributed by atoms with Gasteiger partial charge < -0.3 is 4.74 Å². The van der Waals surface area contributed by atoms with E-state index in [-0.39, 0.29) is 0 Å². The molecule has 1 nitrogen and oxygen atoms in total. The summed E-state index contributed by atoms with van der Waals surface area (Å²) in [5, 5.41) is 0. The van der Waals surface area contributed by atoms with E-state index in [9.17, 15) is 0 Å². The first-order valence-corrected chi connectivity index (χ1v) is 8.09. The van der Waals surface area contributed by atoms with Gasteiger partial charge in [-0.3, -0.25) is 0 Å². The van der Waals surface area contributed by atoms with Crippen molar-refractivity contribution in [2.75, 3.05) is 11.0 Å². The molecule has 3 heteroatoms. The minimum absolute atomic E-state index is 0.839. The number of hydrogen-bond donors (Lipinski definition) is 0. The highest BCUT2D eigenvalue weighted by Crippen LogP contribution is 2.16. The van der Waals surface area contributed by atoms with Gasteiger partial charge in [0.1, 0.15) is 5.75 Å². The molecular weight excluding hydrogens is 379 g/mol. The van der Waals surface area contributed by atoms with Crippen molar-refractivity contribution in [3.8, 4) is 5.75 Å². The first-order valence-electron chi connectivity index (χ1n) is 5.77. The molecule has 1 aromatic carbocycles. The third kappa shape index (κ3) is 6.74. The van der Waals surface area contributed by atoms with Gasteiger partial charge in [0.15, 0.2) is 0 Å². The second-order valence-electron chi connectivity index (χ2n) is 3.76. The standard InChI is InChI=1S/C13H18BrIO/c14-12-6-8-13(9-7-12)16-11-5-3-1-2-4-10-15/h6-9H,1-5,10-11H2. The monoisotopic (exact) mass is 396 g/mol. The molecule has 0 N–H and O–H groups in total. The van der Waals surface area contributed by atoms with Crippen LogP contribution in [0.5, 0.6) is 5.75 Å². The number of halogens is 2. The number of rotatable bonds is 8. The molecule has 0 spiro atoms. The van der Waals surface area contributed by atoms with Crippen molar-refractivity contribution in [3.05, 3.63) is 28.7 Å². The molecule has 0 aliphatic carbocycles. The Labute approximate surface area is 120 Å². The molecule has 0 atom stereocenters. The molecular formula is C13H18BrIO. The molecule has 90 valence electrons. The largest absolute Gasteiger partial charge is 0.494 e. The lowest BCUT2D eigenvalue weighted by Gasteiger charge is -2.05. The number of benzene rings is 1. The topological polar surface area (TPSA) is 9.23 Å². The van der Waals surface area contributed by atoms with Gasteiger partial charge in [0.25, 0.3) is 0 Å². The molecule has 0 aliphatic rings. The van der Waals surface area contributed by atoms with Gasteiger partial charge >= 0.3 is 0 Å². The Kier molecular flexibility index (Phi) is 8.29. The van der Waals surface area contributed by atoms with Crippen LogP contribution in [-0.4, -0.2) is 11.0 Å². The summed E-state index contributed by atoms with van der Waals surface area (Å²) in [6.45, 7) is 0.839. The van der Waals surface area contributed by atoms with Crippen LogP contribution in [0.1, 0.15) is 32.1 Å². The van der Waals surface area contributed by atoms with Gasteiger partial charge in [-0.05, 0) is 41.5 Å². The average molecular weight is 397 g/mol. The number of hydrogen-bond acceptors (Lipinski definition) is 1. The smallest absolute Gasteiger partial charge is 0.119 e. The SMILES string of the molecule is Brc1ccc(OCCCCCCCI)cc1. The van der Waals surface area contributed by atoms with Gasteiger partial charge in [0.05, 0.1) is 6.61 Å². The summed E-state index contributed by atoms with van der Waals surface area (Å²) in [6, 6.07) is 8.02. The van der Waals surface area contributed by atoms with Crippen LogP contribution in [0.4, 0.5) is 0 Å². The molecule has 1 rings (SSSR count). The minimum Gasteiger partial charge on any atom is -0.494 e. The predicted molar refractivity (Wildman–Crippen MR) is 81.6 cm³/mol. The minimum atomic E-state index is 0.839. The lowest BCUT2D eigenvalue weighted by atomic mass is 10.2. The maximum absolute atomic E-state index is 5.65. The molecule has 0 unspecified atom stereocenters. The lowest BCUT2D eigenvalue weighted by Crippen LogP contribution is -1.97. The summed E-state index contributed by atoms with van der Waals surface area (Å²) in [6.07, 6.45) is 6.51. The molecule has 0 heterocycles. The Balaban J connectivity index is 2.01. The lowest BCUT2D eigenvalue weighted by molar-refractivity contribution is 0.304. The normalized spacial score (nSPS) is 10.4. The van der Waals surface area contributed by atoms with Crippen LogP contribution in [0, 0.1) is 0 Å². The van der Waals surface area contributed by atoms with Crippen molar-refractivity contribution >= 4 is 38.5 Å². The van der Waals surface area contributed by atoms with Crippen LogP contribution in [0.2, 0.25) is 0 Å². The summed E-state index contributed by atoms with van der Waals surface area (Å²) in [4.78, 5) is 0. The van der Waals surface area contributed by atoms with Crippen LogP contribution in [0.15, 0.2) is 28.7 Å². The zero-order valence-electron chi connectivity index (χ0n) is 9.42. The molecule has 0 bridgehead atoms. The van der Waals surface area contributed by atoms with Crippen molar-refractivity contribution in [1.82, 2.24) is 0 Å². The predicted octanol–water partition coefficient (Wildman–Crippen LogP) is 5.21. The highest BCUT2D eigenvalue weighted by atomic mass is 127. The summed E-state index contributed by atoms with van der Waals surface area (Å²) in [7, 11) is 0. The van der Waals surface area contributed by atoms with Crippen LogP contribution < -0.4 is 4.74 Å². The number of alkyl halides is 1. The molecule has 0 amide bonds. The maximum Gasteiger partial charge on any atom is 0.119 e. The van der Waals surface area contributed by atoms with E-state index in [1.54, 1.807) is 0 Å². The van der Waals surface area contributed by atoms with Gasteiger partial charge in [-0.2, -0.15) is 0 Å². The van der Waals surface area contributed by atoms with E-state index in [0.717, 1.165) is 23.2 Å². The van der Waals surface area contributed by atoms with Crippen LogP contribution >= 0.6 is 38.5 Å². The summed E-state index contributed by atoms with van der Waals surface area (Å²) >= 11 is 5.84. The molecule has 0 aromatic heterocycles. The van der Waals surface area contributed by atoms with Crippen molar-refractivity contribution in [2.24, 2.45) is 0 Å². The zero-order valence-corrected chi connectivity index (χ0v) is 13.2. The van der Waals surface area contributed by atoms with Crippen molar-refractivity contribution in [3.63, 3.8) is 0 Å².